The highest BCUT2D eigenvalue weighted by Crippen LogP contribution is 2.29. The molecule has 0 unspecified atom stereocenters. The minimum Gasteiger partial charge on any atom is -0.299 e. The van der Waals surface area contributed by atoms with Crippen LogP contribution in [0.4, 0.5) is 0 Å². The molecule has 1 aromatic rings. The molecule has 0 N–H and O–H groups in total. The van der Waals surface area contributed by atoms with E-state index in [9.17, 15) is 0 Å². The predicted octanol–water partition coefficient (Wildman–Crippen LogP) is 2.03. The molecule has 0 aromatic carbocycles. The molecule has 0 atom stereocenters. The average molecular weight is 218 g/mol. The Morgan fingerprint density at radius 3 is 2.85 bits per heavy atom. The van der Waals surface area contributed by atoms with Gasteiger partial charge >= 0.3 is 0 Å². The van der Waals surface area contributed by atoms with Gasteiger partial charge in [0, 0.05) is 6.54 Å². The van der Waals surface area contributed by atoms with E-state index in [4.69, 9.17) is 11.6 Å². The predicted molar refractivity (Wildman–Crippen MR) is 54.0 cm³/mol. The Morgan fingerprint density at radius 1 is 1.54 bits per heavy atom. The number of nitrogens with zero attached hydrogens (tertiary/aromatic N) is 3. The quantitative estimate of drug-likeness (QED) is 0.773. The van der Waals surface area contributed by atoms with Crippen LogP contribution in [0.1, 0.15) is 17.8 Å². The lowest BCUT2D eigenvalue weighted by Gasteiger charge is -2.13. The first-order valence-electron chi connectivity index (χ1n) is 4.40. The van der Waals surface area contributed by atoms with Crippen molar-refractivity contribution in [2.75, 3.05) is 13.6 Å². The fraction of sp³-hybridized carbons (Fsp3) is 0.750. The summed E-state index contributed by atoms with van der Waals surface area (Å²) in [6.45, 7) is 2.05. The lowest BCUT2D eigenvalue weighted by molar-refractivity contribution is 0.312. The zero-order chi connectivity index (χ0) is 9.26. The van der Waals surface area contributed by atoms with Crippen LogP contribution in [0.25, 0.3) is 0 Å². The molecule has 0 saturated heterocycles. The molecule has 13 heavy (non-hydrogen) atoms. The highest BCUT2D eigenvalue weighted by molar-refractivity contribution is 7.15. The molecule has 0 amide bonds. The van der Waals surface area contributed by atoms with Crippen molar-refractivity contribution >= 4 is 22.9 Å². The van der Waals surface area contributed by atoms with Crippen LogP contribution in [0.3, 0.4) is 0 Å². The van der Waals surface area contributed by atoms with E-state index in [2.05, 4.69) is 22.1 Å². The van der Waals surface area contributed by atoms with Crippen LogP contribution in [-0.2, 0) is 6.54 Å². The van der Waals surface area contributed by atoms with E-state index >= 15 is 0 Å². The zero-order valence-corrected chi connectivity index (χ0v) is 9.11. The van der Waals surface area contributed by atoms with Crippen molar-refractivity contribution in [1.29, 1.82) is 0 Å². The Balaban J connectivity index is 1.82. The smallest absolute Gasteiger partial charge is 0.207 e. The standard InChI is InChI=1S/C8H12ClN3S/c1-12(4-6-2-3-6)5-7-10-11-8(9)13-7/h6H,2-5H2,1H3. The van der Waals surface area contributed by atoms with Crippen LogP contribution in [0.2, 0.25) is 4.47 Å². The van der Waals surface area contributed by atoms with Gasteiger partial charge in [0.15, 0.2) is 0 Å². The van der Waals surface area contributed by atoms with Crippen molar-refractivity contribution in [3.8, 4) is 0 Å². The van der Waals surface area contributed by atoms with Crippen molar-refractivity contribution < 1.29 is 0 Å². The van der Waals surface area contributed by atoms with Gasteiger partial charge in [0.2, 0.25) is 4.47 Å². The summed E-state index contributed by atoms with van der Waals surface area (Å²) in [5, 5.41) is 8.76. The first-order valence-corrected chi connectivity index (χ1v) is 5.60. The summed E-state index contributed by atoms with van der Waals surface area (Å²) in [5.74, 6) is 0.924. The normalized spacial score (nSPS) is 16.8. The molecule has 0 aliphatic heterocycles. The van der Waals surface area contributed by atoms with Gasteiger partial charge in [0.1, 0.15) is 5.01 Å². The zero-order valence-electron chi connectivity index (χ0n) is 7.53. The van der Waals surface area contributed by atoms with Gasteiger partial charge in [0.25, 0.3) is 0 Å². The Kier molecular flexibility index (Phi) is 2.81. The number of halogens is 1. The fourth-order valence-corrected chi connectivity index (χ4v) is 2.28. The Labute approximate surface area is 86.7 Å². The van der Waals surface area contributed by atoms with Gasteiger partial charge in [-0.1, -0.05) is 11.3 Å². The van der Waals surface area contributed by atoms with Crippen molar-refractivity contribution in [2.24, 2.45) is 5.92 Å². The summed E-state index contributed by atoms with van der Waals surface area (Å²) >= 11 is 7.15. The summed E-state index contributed by atoms with van der Waals surface area (Å²) in [4.78, 5) is 2.29. The summed E-state index contributed by atoms with van der Waals surface area (Å²) in [7, 11) is 2.12. The third-order valence-electron chi connectivity index (χ3n) is 2.11. The van der Waals surface area contributed by atoms with Crippen LogP contribution in [-0.4, -0.2) is 28.7 Å². The van der Waals surface area contributed by atoms with Gasteiger partial charge in [-0.2, -0.15) is 0 Å². The molecule has 3 nitrogen and oxygen atoms in total. The third-order valence-corrected chi connectivity index (χ3v) is 3.12. The van der Waals surface area contributed by atoms with E-state index < -0.39 is 0 Å². The number of aromatic nitrogens is 2. The first-order chi connectivity index (χ1) is 6.24. The van der Waals surface area contributed by atoms with E-state index in [0.29, 0.717) is 4.47 Å². The van der Waals surface area contributed by atoms with Crippen molar-refractivity contribution in [2.45, 2.75) is 19.4 Å². The maximum Gasteiger partial charge on any atom is 0.207 e. The molecule has 5 heteroatoms. The summed E-state index contributed by atoms with van der Waals surface area (Å²) in [5.41, 5.74) is 0. The Morgan fingerprint density at radius 2 is 2.31 bits per heavy atom. The lowest BCUT2D eigenvalue weighted by Crippen LogP contribution is -2.20. The average Bonchev–Trinajstić information content (AvgIpc) is 2.76. The lowest BCUT2D eigenvalue weighted by atomic mass is 10.4. The van der Waals surface area contributed by atoms with Crippen LogP contribution < -0.4 is 0 Å². The van der Waals surface area contributed by atoms with Gasteiger partial charge in [-0.05, 0) is 37.4 Å². The molecule has 1 aliphatic rings. The topological polar surface area (TPSA) is 29.0 Å². The number of hydrogen-bond acceptors (Lipinski definition) is 4. The molecule has 1 saturated carbocycles. The van der Waals surface area contributed by atoms with Gasteiger partial charge in [-0.25, -0.2) is 0 Å². The first kappa shape index (κ1) is 9.37. The van der Waals surface area contributed by atoms with Gasteiger partial charge < -0.3 is 0 Å². The summed E-state index contributed by atoms with van der Waals surface area (Å²) < 4.78 is 0.537. The fourth-order valence-electron chi connectivity index (χ4n) is 1.33. The van der Waals surface area contributed by atoms with Gasteiger partial charge in [0.05, 0.1) is 6.54 Å². The van der Waals surface area contributed by atoms with Crippen LogP contribution in [0.5, 0.6) is 0 Å². The monoisotopic (exact) mass is 217 g/mol. The molecule has 1 aromatic heterocycles. The molecule has 0 bridgehead atoms. The Bertz CT molecular complexity index is 285. The van der Waals surface area contributed by atoms with E-state index in [1.807, 2.05) is 0 Å². The van der Waals surface area contributed by atoms with Crippen molar-refractivity contribution in [3.05, 3.63) is 9.47 Å². The largest absolute Gasteiger partial charge is 0.299 e. The van der Waals surface area contributed by atoms with Crippen LogP contribution >= 0.6 is 22.9 Å². The minimum absolute atomic E-state index is 0.537. The molecular formula is C8H12ClN3S. The molecule has 1 heterocycles. The van der Waals surface area contributed by atoms with E-state index in [-0.39, 0.29) is 0 Å². The third kappa shape index (κ3) is 2.90. The van der Waals surface area contributed by atoms with Gasteiger partial charge in [-0.3, -0.25) is 4.90 Å². The maximum atomic E-state index is 5.69. The summed E-state index contributed by atoms with van der Waals surface area (Å²) in [6.07, 6.45) is 2.78. The van der Waals surface area contributed by atoms with Gasteiger partial charge in [-0.15, -0.1) is 10.2 Å². The molecule has 2 rings (SSSR count). The van der Waals surface area contributed by atoms with Crippen molar-refractivity contribution in [3.63, 3.8) is 0 Å². The minimum atomic E-state index is 0.537. The molecule has 0 spiro atoms. The van der Waals surface area contributed by atoms with Crippen LogP contribution in [0, 0.1) is 5.92 Å². The highest BCUT2D eigenvalue weighted by atomic mass is 35.5. The van der Waals surface area contributed by atoms with E-state index in [0.717, 1.165) is 17.5 Å². The second-order valence-corrected chi connectivity index (χ2v) is 5.23. The molecule has 0 radical (unpaired) electrons. The molecular weight excluding hydrogens is 206 g/mol. The van der Waals surface area contributed by atoms with Crippen LogP contribution in [0.15, 0.2) is 0 Å². The number of hydrogen-bond donors (Lipinski definition) is 0. The highest BCUT2D eigenvalue weighted by Gasteiger charge is 2.23. The second-order valence-electron chi connectivity index (χ2n) is 3.59. The second kappa shape index (κ2) is 3.90. The van der Waals surface area contributed by atoms with Crippen molar-refractivity contribution in [1.82, 2.24) is 15.1 Å². The maximum absolute atomic E-state index is 5.69. The van der Waals surface area contributed by atoms with E-state index in [1.54, 1.807) is 0 Å². The molecule has 72 valence electrons. The number of rotatable bonds is 4. The SMILES string of the molecule is CN(Cc1nnc(Cl)s1)CC1CC1. The molecule has 1 aliphatic carbocycles. The summed E-state index contributed by atoms with van der Waals surface area (Å²) in [6, 6.07) is 0. The Hall–Kier alpha value is -0.190. The molecule has 1 fully saturated rings. The van der Waals surface area contributed by atoms with E-state index in [1.165, 1.54) is 30.7 Å².